The third-order valence-corrected chi connectivity index (χ3v) is 4.36. The van der Waals surface area contributed by atoms with Gasteiger partial charge in [-0.3, -0.25) is 4.79 Å². The van der Waals surface area contributed by atoms with Crippen LogP contribution >= 0.6 is 0 Å². The van der Waals surface area contributed by atoms with E-state index in [9.17, 15) is 4.79 Å². The number of rotatable bonds is 4. The lowest BCUT2D eigenvalue weighted by molar-refractivity contribution is 0.102. The number of nitrogens with one attached hydrogen (secondary N) is 1. The van der Waals surface area contributed by atoms with Crippen molar-refractivity contribution in [2.75, 3.05) is 12.1 Å². The smallest absolute Gasteiger partial charge is 0.259 e. The van der Waals surface area contributed by atoms with Crippen molar-refractivity contribution in [1.29, 1.82) is 0 Å². The Morgan fingerprint density at radius 3 is 2.69 bits per heavy atom. The molecule has 6 nitrogen and oxygen atoms in total. The fraction of sp³-hybridized carbons (Fsp3) is 0.200. The molecule has 0 saturated carbocycles. The highest BCUT2D eigenvalue weighted by Gasteiger charge is 2.19. The minimum absolute atomic E-state index is 0.195. The third kappa shape index (κ3) is 2.90. The fourth-order valence-electron chi connectivity index (χ4n) is 2.98. The molecule has 0 unspecified atom stereocenters. The standard InChI is InChI=1S/C20H19N3O3/c1-3-17-16(11-21-23(17)15-7-4-13(2)5-8-15)20(24)22-14-6-9-18-19(10-14)26-12-25-18/h4-11H,3,12H2,1-2H3,(H,22,24). The average molecular weight is 349 g/mol. The van der Waals surface area contributed by atoms with E-state index in [2.05, 4.69) is 10.4 Å². The Labute approximate surface area is 151 Å². The first kappa shape index (κ1) is 16.2. The molecule has 26 heavy (non-hydrogen) atoms. The molecule has 3 aromatic rings. The van der Waals surface area contributed by atoms with Crippen LogP contribution in [0.5, 0.6) is 11.5 Å². The third-order valence-electron chi connectivity index (χ3n) is 4.36. The zero-order valence-electron chi connectivity index (χ0n) is 14.7. The number of carbonyl (C=O) groups excluding carboxylic acids is 1. The van der Waals surface area contributed by atoms with Crippen LogP contribution in [0.15, 0.2) is 48.7 Å². The van der Waals surface area contributed by atoms with Gasteiger partial charge in [-0.15, -0.1) is 0 Å². The maximum atomic E-state index is 12.8. The predicted octanol–water partition coefficient (Wildman–Crippen LogP) is 3.72. The van der Waals surface area contributed by atoms with Crippen LogP contribution < -0.4 is 14.8 Å². The van der Waals surface area contributed by atoms with Crippen LogP contribution in [0.2, 0.25) is 0 Å². The number of anilines is 1. The van der Waals surface area contributed by atoms with Crippen molar-refractivity contribution in [1.82, 2.24) is 9.78 Å². The zero-order valence-corrected chi connectivity index (χ0v) is 14.7. The molecule has 1 amide bonds. The highest BCUT2D eigenvalue weighted by atomic mass is 16.7. The first-order valence-corrected chi connectivity index (χ1v) is 8.50. The molecule has 2 heterocycles. The van der Waals surface area contributed by atoms with Gasteiger partial charge in [0.15, 0.2) is 11.5 Å². The van der Waals surface area contributed by atoms with Crippen LogP contribution in [-0.4, -0.2) is 22.5 Å². The monoisotopic (exact) mass is 349 g/mol. The summed E-state index contributed by atoms with van der Waals surface area (Å²) in [5, 5.41) is 7.33. The van der Waals surface area contributed by atoms with Crippen molar-refractivity contribution in [2.45, 2.75) is 20.3 Å². The van der Waals surface area contributed by atoms with Crippen LogP contribution in [0.4, 0.5) is 5.69 Å². The van der Waals surface area contributed by atoms with Crippen molar-refractivity contribution in [3.63, 3.8) is 0 Å². The number of amides is 1. The van der Waals surface area contributed by atoms with Gasteiger partial charge in [-0.25, -0.2) is 4.68 Å². The van der Waals surface area contributed by atoms with Gasteiger partial charge < -0.3 is 14.8 Å². The quantitative estimate of drug-likeness (QED) is 0.779. The van der Waals surface area contributed by atoms with Gasteiger partial charge in [0.1, 0.15) is 0 Å². The summed E-state index contributed by atoms with van der Waals surface area (Å²) in [7, 11) is 0. The molecule has 0 radical (unpaired) electrons. The van der Waals surface area contributed by atoms with Gasteiger partial charge in [-0.2, -0.15) is 5.10 Å². The number of aromatic nitrogens is 2. The second kappa shape index (κ2) is 6.55. The van der Waals surface area contributed by atoms with Gasteiger partial charge in [0.2, 0.25) is 6.79 Å². The SMILES string of the molecule is CCc1c(C(=O)Nc2ccc3c(c2)OCO3)cnn1-c1ccc(C)cc1. The number of hydrogen-bond acceptors (Lipinski definition) is 4. The summed E-state index contributed by atoms with van der Waals surface area (Å²) < 4.78 is 12.5. The van der Waals surface area contributed by atoms with E-state index < -0.39 is 0 Å². The Bertz CT molecular complexity index is 961. The Balaban J connectivity index is 1.61. The van der Waals surface area contributed by atoms with Gasteiger partial charge in [0.05, 0.1) is 23.1 Å². The second-order valence-corrected chi connectivity index (χ2v) is 6.13. The summed E-state index contributed by atoms with van der Waals surface area (Å²) in [5.74, 6) is 1.12. The first-order chi connectivity index (χ1) is 12.7. The molecule has 0 fully saturated rings. The molecule has 1 aliphatic heterocycles. The molecule has 1 aliphatic rings. The number of benzene rings is 2. The van der Waals surface area contributed by atoms with Crippen LogP contribution in [0, 0.1) is 6.92 Å². The number of ether oxygens (including phenoxy) is 2. The average Bonchev–Trinajstić information content (AvgIpc) is 3.28. The minimum Gasteiger partial charge on any atom is -0.454 e. The van der Waals surface area contributed by atoms with Gasteiger partial charge in [0, 0.05) is 11.8 Å². The summed E-state index contributed by atoms with van der Waals surface area (Å²) in [6.45, 7) is 4.26. The molecule has 1 aromatic heterocycles. The van der Waals surface area contributed by atoms with Crippen molar-refractivity contribution in [2.24, 2.45) is 0 Å². The maximum absolute atomic E-state index is 12.8. The van der Waals surface area contributed by atoms with Crippen molar-refractivity contribution in [3.05, 3.63) is 65.5 Å². The maximum Gasteiger partial charge on any atom is 0.259 e. The van der Waals surface area contributed by atoms with Crippen LogP contribution in [0.3, 0.4) is 0 Å². The van der Waals surface area contributed by atoms with Crippen molar-refractivity contribution in [3.8, 4) is 17.2 Å². The summed E-state index contributed by atoms with van der Waals surface area (Å²) in [6, 6.07) is 13.4. The molecular weight excluding hydrogens is 330 g/mol. The zero-order chi connectivity index (χ0) is 18.1. The Morgan fingerprint density at radius 1 is 1.15 bits per heavy atom. The lowest BCUT2D eigenvalue weighted by Crippen LogP contribution is -2.14. The first-order valence-electron chi connectivity index (χ1n) is 8.50. The lowest BCUT2D eigenvalue weighted by atomic mass is 10.1. The molecule has 4 rings (SSSR count). The second-order valence-electron chi connectivity index (χ2n) is 6.13. The van der Waals surface area contributed by atoms with E-state index in [4.69, 9.17) is 9.47 Å². The highest BCUT2D eigenvalue weighted by Crippen LogP contribution is 2.34. The molecule has 0 spiro atoms. The summed E-state index contributed by atoms with van der Waals surface area (Å²) in [5.41, 5.74) is 4.21. The number of carbonyl (C=O) groups is 1. The van der Waals surface area contributed by atoms with E-state index in [1.165, 1.54) is 5.56 Å². The predicted molar refractivity (Wildman–Crippen MR) is 98.2 cm³/mol. The number of aryl methyl sites for hydroxylation is 1. The van der Waals surface area contributed by atoms with Crippen molar-refractivity contribution < 1.29 is 14.3 Å². The Morgan fingerprint density at radius 2 is 1.92 bits per heavy atom. The van der Waals surface area contributed by atoms with E-state index >= 15 is 0 Å². The molecule has 132 valence electrons. The van der Waals surface area contributed by atoms with Gasteiger partial charge in [-0.1, -0.05) is 24.6 Å². The summed E-state index contributed by atoms with van der Waals surface area (Å²) >= 11 is 0. The minimum atomic E-state index is -0.195. The lowest BCUT2D eigenvalue weighted by Gasteiger charge is -2.09. The topological polar surface area (TPSA) is 65.4 Å². The number of fused-ring (bicyclic) bond motifs is 1. The van der Waals surface area contributed by atoms with Crippen LogP contribution in [0.1, 0.15) is 28.5 Å². The van der Waals surface area contributed by atoms with Gasteiger partial charge >= 0.3 is 0 Å². The van der Waals surface area contributed by atoms with Gasteiger partial charge in [-0.05, 0) is 37.6 Å². The van der Waals surface area contributed by atoms with Gasteiger partial charge in [0.25, 0.3) is 5.91 Å². The van der Waals surface area contributed by atoms with E-state index in [0.29, 0.717) is 29.2 Å². The van der Waals surface area contributed by atoms with E-state index in [0.717, 1.165) is 11.4 Å². The summed E-state index contributed by atoms with van der Waals surface area (Å²) in [6.07, 6.45) is 2.30. The highest BCUT2D eigenvalue weighted by molar-refractivity contribution is 6.05. The normalized spacial score (nSPS) is 12.2. The number of hydrogen-bond donors (Lipinski definition) is 1. The molecule has 0 bridgehead atoms. The summed E-state index contributed by atoms with van der Waals surface area (Å²) in [4.78, 5) is 12.8. The molecule has 0 atom stereocenters. The number of nitrogens with zero attached hydrogens (tertiary/aromatic N) is 2. The Hall–Kier alpha value is -3.28. The fourth-order valence-corrected chi connectivity index (χ4v) is 2.98. The van der Waals surface area contributed by atoms with Crippen molar-refractivity contribution >= 4 is 11.6 Å². The molecule has 2 aromatic carbocycles. The van der Waals surface area contributed by atoms with Crippen LogP contribution in [-0.2, 0) is 6.42 Å². The van der Waals surface area contributed by atoms with Crippen LogP contribution in [0.25, 0.3) is 5.69 Å². The molecule has 1 N–H and O–H groups in total. The van der Waals surface area contributed by atoms with E-state index in [1.807, 2.05) is 42.8 Å². The Kier molecular flexibility index (Phi) is 4.08. The molecule has 0 saturated heterocycles. The van der Waals surface area contributed by atoms with E-state index in [1.54, 1.807) is 24.4 Å². The van der Waals surface area contributed by atoms with E-state index in [-0.39, 0.29) is 12.7 Å². The molecule has 0 aliphatic carbocycles. The largest absolute Gasteiger partial charge is 0.454 e. The molecular formula is C20H19N3O3. The molecule has 6 heteroatoms.